The first kappa shape index (κ1) is 21.0. The summed E-state index contributed by atoms with van der Waals surface area (Å²) in [6, 6.07) is 14.0. The molecule has 3 aromatic rings. The van der Waals surface area contributed by atoms with Gasteiger partial charge >= 0.3 is 5.69 Å². The summed E-state index contributed by atoms with van der Waals surface area (Å²) >= 11 is 0. The Bertz CT molecular complexity index is 969. The van der Waals surface area contributed by atoms with Crippen molar-refractivity contribution in [2.24, 2.45) is 0 Å². The highest BCUT2D eigenvalue weighted by Gasteiger charge is 2.16. The van der Waals surface area contributed by atoms with Crippen LogP contribution >= 0.6 is 0 Å². The zero-order chi connectivity index (χ0) is 21.3. The second kappa shape index (κ2) is 10.1. The Hall–Kier alpha value is -3.75. The Morgan fingerprint density at radius 2 is 1.83 bits per heavy atom. The summed E-state index contributed by atoms with van der Waals surface area (Å²) in [6.07, 6.45) is 3.40. The van der Waals surface area contributed by atoms with Crippen molar-refractivity contribution in [1.29, 1.82) is 0 Å². The number of hydrogen-bond donors (Lipinski definition) is 2. The van der Waals surface area contributed by atoms with Crippen LogP contribution in [0.5, 0.6) is 0 Å². The van der Waals surface area contributed by atoms with Gasteiger partial charge in [-0.15, -0.1) is 0 Å². The monoisotopic (exact) mass is 410 g/mol. The van der Waals surface area contributed by atoms with Crippen LogP contribution in [0.4, 0.5) is 33.1 Å². The summed E-state index contributed by atoms with van der Waals surface area (Å²) < 4.78 is 12.7. The van der Waals surface area contributed by atoms with Crippen LogP contribution in [0.1, 0.15) is 12.5 Å². The number of pyridine rings is 2. The minimum absolute atomic E-state index is 0.124. The number of hydrogen-bond acceptors (Lipinski definition) is 7. The van der Waals surface area contributed by atoms with Gasteiger partial charge in [0.1, 0.15) is 12.5 Å². The Morgan fingerprint density at radius 1 is 1.10 bits per heavy atom. The quantitative estimate of drug-likeness (QED) is 0.374. The Labute approximate surface area is 173 Å². The molecule has 2 N–H and O–H groups in total. The van der Waals surface area contributed by atoms with E-state index in [2.05, 4.69) is 20.6 Å². The van der Waals surface area contributed by atoms with E-state index >= 15 is 0 Å². The van der Waals surface area contributed by atoms with Gasteiger partial charge in [0.15, 0.2) is 0 Å². The van der Waals surface area contributed by atoms with Crippen LogP contribution < -0.4 is 15.5 Å². The summed E-state index contributed by atoms with van der Waals surface area (Å²) in [7, 11) is 0. The van der Waals surface area contributed by atoms with Crippen molar-refractivity contribution in [1.82, 2.24) is 9.97 Å². The van der Waals surface area contributed by atoms with Crippen LogP contribution in [0.25, 0.3) is 0 Å². The van der Waals surface area contributed by atoms with E-state index in [1.807, 2.05) is 36.1 Å². The number of halogens is 1. The van der Waals surface area contributed by atoms with Crippen molar-refractivity contribution in [2.45, 2.75) is 13.5 Å². The van der Waals surface area contributed by atoms with Crippen LogP contribution in [0, 0.1) is 10.1 Å². The highest BCUT2D eigenvalue weighted by atomic mass is 19.1. The number of rotatable bonds is 10. The number of nitrogens with one attached hydrogen (secondary N) is 2. The molecule has 3 rings (SSSR count). The fourth-order valence-electron chi connectivity index (χ4n) is 2.95. The van der Waals surface area contributed by atoms with Gasteiger partial charge in [-0.3, -0.25) is 15.1 Å². The number of alkyl halides is 1. The molecule has 0 aliphatic heterocycles. The van der Waals surface area contributed by atoms with Gasteiger partial charge in [-0.2, -0.15) is 0 Å². The highest BCUT2D eigenvalue weighted by Crippen LogP contribution is 2.28. The van der Waals surface area contributed by atoms with Crippen molar-refractivity contribution in [2.75, 3.05) is 35.3 Å². The predicted molar refractivity (Wildman–Crippen MR) is 116 cm³/mol. The molecule has 0 aliphatic rings. The van der Waals surface area contributed by atoms with E-state index < -0.39 is 11.6 Å². The molecule has 0 bridgehead atoms. The fourth-order valence-corrected chi connectivity index (χ4v) is 2.95. The summed E-state index contributed by atoms with van der Waals surface area (Å²) in [5, 5.41) is 17.6. The van der Waals surface area contributed by atoms with Crippen LogP contribution in [0.2, 0.25) is 0 Å². The minimum atomic E-state index is -0.476. The average molecular weight is 410 g/mol. The van der Waals surface area contributed by atoms with E-state index in [1.165, 1.54) is 6.07 Å². The zero-order valence-electron chi connectivity index (χ0n) is 16.6. The van der Waals surface area contributed by atoms with Gasteiger partial charge in [-0.25, -0.2) is 9.37 Å². The lowest BCUT2D eigenvalue weighted by atomic mass is 10.2. The lowest BCUT2D eigenvalue weighted by Gasteiger charge is -2.21. The van der Waals surface area contributed by atoms with Gasteiger partial charge in [0.25, 0.3) is 0 Å². The van der Waals surface area contributed by atoms with Crippen molar-refractivity contribution in [3.05, 3.63) is 76.6 Å². The second-order valence-electron chi connectivity index (χ2n) is 6.47. The Balaban J connectivity index is 1.77. The molecule has 0 fully saturated rings. The topological polar surface area (TPSA) is 96.2 Å². The van der Waals surface area contributed by atoms with Crippen molar-refractivity contribution in [3.63, 3.8) is 0 Å². The number of nitro groups is 1. The van der Waals surface area contributed by atoms with Gasteiger partial charge < -0.3 is 15.5 Å². The maximum atomic E-state index is 12.7. The molecule has 8 nitrogen and oxygen atoms in total. The molecule has 0 aliphatic carbocycles. The molecule has 1 aromatic carbocycles. The third-order valence-electron chi connectivity index (χ3n) is 4.52. The molecular formula is C21H23FN6O2. The summed E-state index contributed by atoms with van der Waals surface area (Å²) in [4.78, 5) is 21.2. The van der Waals surface area contributed by atoms with E-state index in [9.17, 15) is 14.5 Å². The molecule has 2 heterocycles. The van der Waals surface area contributed by atoms with Crippen molar-refractivity contribution in [3.8, 4) is 0 Å². The second-order valence-corrected chi connectivity index (χ2v) is 6.47. The lowest BCUT2D eigenvalue weighted by Crippen LogP contribution is -2.24. The van der Waals surface area contributed by atoms with Gasteiger partial charge in [0, 0.05) is 49.5 Å². The number of aromatic nitrogens is 2. The van der Waals surface area contributed by atoms with E-state index in [4.69, 9.17) is 0 Å². The van der Waals surface area contributed by atoms with Crippen molar-refractivity contribution < 1.29 is 9.31 Å². The summed E-state index contributed by atoms with van der Waals surface area (Å²) in [6.45, 7) is 3.06. The predicted octanol–water partition coefficient (Wildman–Crippen LogP) is 4.54. The molecule has 0 spiro atoms. The van der Waals surface area contributed by atoms with Crippen LogP contribution in [-0.2, 0) is 6.54 Å². The minimum Gasteiger partial charge on any atom is -0.369 e. The average Bonchev–Trinajstić information content (AvgIpc) is 2.77. The van der Waals surface area contributed by atoms with Crippen molar-refractivity contribution >= 4 is 28.7 Å². The normalized spacial score (nSPS) is 10.5. The fraction of sp³-hybridized carbons (Fsp3) is 0.238. The Morgan fingerprint density at radius 3 is 2.47 bits per heavy atom. The number of nitrogens with zero attached hydrogens (tertiary/aromatic N) is 4. The summed E-state index contributed by atoms with van der Waals surface area (Å²) in [5.41, 5.74) is 2.43. The molecule has 0 amide bonds. The molecule has 0 unspecified atom stereocenters. The van der Waals surface area contributed by atoms with Gasteiger partial charge in [-0.1, -0.05) is 0 Å². The van der Waals surface area contributed by atoms with Crippen LogP contribution in [-0.4, -0.2) is 34.7 Å². The number of benzene rings is 1. The van der Waals surface area contributed by atoms with Crippen LogP contribution in [0.3, 0.4) is 0 Å². The first-order valence-corrected chi connectivity index (χ1v) is 9.57. The maximum absolute atomic E-state index is 12.7. The van der Waals surface area contributed by atoms with E-state index in [1.54, 1.807) is 30.6 Å². The highest BCUT2D eigenvalue weighted by molar-refractivity contribution is 5.69. The van der Waals surface area contributed by atoms with Crippen LogP contribution in [0.15, 0.2) is 60.9 Å². The van der Waals surface area contributed by atoms with E-state index in [-0.39, 0.29) is 11.5 Å². The third kappa shape index (κ3) is 5.40. The SMILES string of the molecule is CCN(CCF)c1ccc(Nc2nc(NCc3ccncc3)ccc2[N+](=O)[O-])cc1. The molecule has 0 radical (unpaired) electrons. The smallest absolute Gasteiger partial charge is 0.311 e. The zero-order valence-corrected chi connectivity index (χ0v) is 16.6. The lowest BCUT2D eigenvalue weighted by molar-refractivity contribution is -0.384. The summed E-state index contributed by atoms with van der Waals surface area (Å²) in [5.74, 6) is 0.653. The molecule has 9 heteroatoms. The number of anilines is 4. The molecular weight excluding hydrogens is 387 g/mol. The molecule has 0 atom stereocenters. The molecule has 0 saturated carbocycles. The standard InChI is InChI=1S/C21H23FN6O2/c1-2-27(14-11-22)18-5-3-17(4-6-18)25-21-19(28(29)30)7-8-20(26-21)24-15-16-9-12-23-13-10-16/h3-10,12-13H,2,11,14-15H2,1H3,(H2,24,25,26). The largest absolute Gasteiger partial charge is 0.369 e. The van der Waals surface area contributed by atoms with Gasteiger partial charge in [0.2, 0.25) is 5.82 Å². The molecule has 2 aromatic heterocycles. The third-order valence-corrected chi connectivity index (χ3v) is 4.52. The first-order valence-electron chi connectivity index (χ1n) is 9.57. The van der Waals surface area contributed by atoms with Gasteiger partial charge in [0.05, 0.1) is 4.92 Å². The molecule has 0 saturated heterocycles. The first-order chi connectivity index (χ1) is 14.6. The molecule has 156 valence electrons. The Kier molecular flexibility index (Phi) is 7.09. The van der Waals surface area contributed by atoms with E-state index in [0.717, 1.165) is 11.3 Å². The molecule has 30 heavy (non-hydrogen) atoms. The maximum Gasteiger partial charge on any atom is 0.311 e. The van der Waals surface area contributed by atoms with Gasteiger partial charge in [-0.05, 0) is 55.0 Å². The van der Waals surface area contributed by atoms with E-state index in [0.29, 0.717) is 31.1 Å².